The van der Waals surface area contributed by atoms with E-state index >= 15 is 0 Å². The first-order valence-electron chi connectivity index (χ1n) is 8.08. The fourth-order valence-corrected chi connectivity index (χ4v) is 3.58. The van der Waals surface area contributed by atoms with Crippen LogP contribution in [0, 0.1) is 0 Å². The van der Waals surface area contributed by atoms with Crippen LogP contribution >= 0.6 is 0 Å². The Morgan fingerprint density at radius 2 is 2.10 bits per heavy atom. The summed E-state index contributed by atoms with van der Waals surface area (Å²) >= 11 is 0. The third-order valence-corrected chi connectivity index (χ3v) is 4.96. The van der Waals surface area contributed by atoms with Crippen LogP contribution in [0.3, 0.4) is 0 Å². The van der Waals surface area contributed by atoms with Gasteiger partial charge in [0.15, 0.2) is 0 Å². The molecule has 0 radical (unpaired) electrons. The standard InChI is InChI=1S/C15H30N4O/c1-3-7-17-15(20)9-14(10-16)19-8-6-12-4-5-13(11-19)18(12)2/h12-14H,3-11,16H2,1-2H3,(H,17,20). The summed E-state index contributed by atoms with van der Waals surface area (Å²) in [7, 11) is 2.25. The van der Waals surface area contributed by atoms with E-state index in [4.69, 9.17) is 5.73 Å². The predicted octanol–water partition coefficient (Wildman–Crippen LogP) is 0.399. The quantitative estimate of drug-likeness (QED) is 0.740. The van der Waals surface area contributed by atoms with Crippen LogP contribution in [0.15, 0.2) is 0 Å². The van der Waals surface area contributed by atoms with E-state index in [1.807, 2.05) is 0 Å². The number of hydrogen-bond donors (Lipinski definition) is 2. The first kappa shape index (κ1) is 15.7. The maximum atomic E-state index is 11.9. The van der Waals surface area contributed by atoms with Crippen LogP contribution in [0.2, 0.25) is 0 Å². The second-order valence-corrected chi connectivity index (χ2v) is 6.28. The summed E-state index contributed by atoms with van der Waals surface area (Å²) in [5, 5.41) is 2.96. The highest BCUT2D eigenvalue weighted by Crippen LogP contribution is 2.29. The maximum Gasteiger partial charge on any atom is 0.221 e. The number of hydrogen-bond acceptors (Lipinski definition) is 4. The van der Waals surface area contributed by atoms with Gasteiger partial charge in [-0.1, -0.05) is 6.92 Å². The van der Waals surface area contributed by atoms with Crippen molar-refractivity contribution in [1.29, 1.82) is 0 Å². The molecule has 2 heterocycles. The van der Waals surface area contributed by atoms with Gasteiger partial charge in [0.05, 0.1) is 0 Å². The molecular formula is C15H30N4O. The van der Waals surface area contributed by atoms with Gasteiger partial charge >= 0.3 is 0 Å². The van der Waals surface area contributed by atoms with Gasteiger partial charge in [-0.2, -0.15) is 0 Å². The lowest BCUT2D eigenvalue weighted by atomic mass is 10.0. The molecule has 20 heavy (non-hydrogen) atoms. The molecule has 0 saturated carbocycles. The molecule has 1 amide bonds. The molecule has 2 aliphatic rings. The Bertz CT molecular complexity index is 323. The van der Waals surface area contributed by atoms with E-state index in [-0.39, 0.29) is 11.9 Å². The molecule has 116 valence electrons. The normalized spacial score (nSPS) is 29.1. The van der Waals surface area contributed by atoms with E-state index in [0.717, 1.165) is 32.1 Å². The van der Waals surface area contributed by atoms with Gasteiger partial charge < -0.3 is 11.1 Å². The summed E-state index contributed by atoms with van der Waals surface area (Å²) in [6.45, 7) is 5.55. The Hall–Kier alpha value is -0.650. The molecule has 5 nitrogen and oxygen atoms in total. The molecule has 0 spiro atoms. The maximum absolute atomic E-state index is 11.9. The fourth-order valence-electron chi connectivity index (χ4n) is 3.58. The molecule has 2 aliphatic heterocycles. The molecule has 2 fully saturated rings. The van der Waals surface area contributed by atoms with Crippen LogP contribution in [-0.2, 0) is 4.79 Å². The van der Waals surface area contributed by atoms with Gasteiger partial charge in [-0.25, -0.2) is 0 Å². The minimum atomic E-state index is 0.144. The zero-order valence-corrected chi connectivity index (χ0v) is 13.0. The summed E-state index contributed by atoms with van der Waals surface area (Å²) in [5.41, 5.74) is 5.93. The lowest BCUT2D eigenvalue weighted by Gasteiger charge is -2.32. The molecule has 3 unspecified atom stereocenters. The van der Waals surface area contributed by atoms with Gasteiger partial charge in [0.1, 0.15) is 0 Å². The van der Waals surface area contributed by atoms with Crippen molar-refractivity contribution in [1.82, 2.24) is 15.1 Å². The van der Waals surface area contributed by atoms with Crippen molar-refractivity contribution >= 4 is 5.91 Å². The Morgan fingerprint density at radius 3 is 2.80 bits per heavy atom. The number of nitrogens with zero attached hydrogens (tertiary/aromatic N) is 2. The molecule has 0 aromatic carbocycles. The number of amides is 1. The van der Waals surface area contributed by atoms with Gasteiger partial charge in [-0.05, 0) is 32.7 Å². The SMILES string of the molecule is CCCNC(=O)CC(CN)N1CCC2CCC(C1)N2C. The summed E-state index contributed by atoms with van der Waals surface area (Å²) in [6.07, 6.45) is 5.35. The summed E-state index contributed by atoms with van der Waals surface area (Å²) in [5.74, 6) is 0.144. The van der Waals surface area contributed by atoms with Crippen molar-refractivity contribution in [2.75, 3.05) is 33.2 Å². The monoisotopic (exact) mass is 282 g/mol. The second kappa shape index (κ2) is 7.38. The lowest BCUT2D eigenvalue weighted by Crippen LogP contribution is -2.47. The number of rotatable bonds is 6. The average Bonchev–Trinajstić information content (AvgIpc) is 2.68. The Kier molecular flexibility index (Phi) is 5.81. The van der Waals surface area contributed by atoms with Crippen molar-refractivity contribution in [3.63, 3.8) is 0 Å². The molecular weight excluding hydrogens is 252 g/mol. The van der Waals surface area contributed by atoms with Crippen molar-refractivity contribution in [3.05, 3.63) is 0 Å². The van der Waals surface area contributed by atoms with Gasteiger partial charge in [-0.3, -0.25) is 14.6 Å². The van der Waals surface area contributed by atoms with E-state index in [0.29, 0.717) is 19.0 Å². The van der Waals surface area contributed by atoms with Crippen LogP contribution in [-0.4, -0.2) is 67.1 Å². The molecule has 3 N–H and O–H groups in total. The van der Waals surface area contributed by atoms with Crippen LogP contribution in [0.4, 0.5) is 0 Å². The van der Waals surface area contributed by atoms with E-state index < -0.39 is 0 Å². The Morgan fingerprint density at radius 1 is 1.35 bits per heavy atom. The Labute approximate surface area is 122 Å². The van der Waals surface area contributed by atoms with Gasteiger partial charge in [0, 0.05) is 50.7 Å². The number of carbonyl (C=O) groups is 1. The third kappa shape index (κ3) is 3.71. The summed E-state index contributed by atoms with van der Waals surface area (Å²) < 4.78 is 0. The van der Waals surface area contributed by atoms with Crippen molar-refractivity contribution in [2.45, 2.75) is 57.2 Å². The van der Waals surface area contributed by atoms with E-state index in [9.17, 15) is 4.79 Å². The minimum absolute atomic E-state index is 0.144. The molecule has 0 aliphatic carbocycles. The first-order valence-corrected chi connectivity index (χ1v) is 8.08. The van der Waals surface area contributed by atoms with Crippen LogP contribution in [0.1, 0.15) is 39.0 Å². The molecule has 2 bridgehead atoms. The predicted molar refractivity (Wildman–Crippen MR) is 81.5 cm³/mol. The highest BCUT2D eigenvalue weighted by atomic mass is 16.1. The third-order valence-electron chi connectivity index (χ3n) is 4.96. The van der Waals surface area contributed by atoms with Crippen LogP contribution in [0.5, 0.6) is 0 Å². The van der Waals surface area contributed by atoms with E-state index in [1.165, 1.54) is 19.3 Å². The molecule has 2 rings (SSSR count). The average molecular weight is 282 g/mol. The number of fused-ring (bicyclic) bond motifs is 2. The fraction of sp³-hybridized carbons (Fsp3) is 0.933. The number of likely N-dealkylation sites (N-methyl/N-ethyl adjacent to an activating group) is 1. The van der Waals surface area contributed by atoms with Gasteiger partial charge in [-0.15, -0.1) is 0 Å². The highest BCUT2D eigenvalue weighted by molar-refractivity contribution is 5.76. The number of nitrogens with one attached hydrogen (secondary N) is 1. The summed E-state index contributed by atoms with van der Waals surface area (Å²) in [6, 6.07) is 1.58. The highest BCUT2D eigenvalue weighted by Gasteiger charge is 2.36. The lowest BCUT2D eigenvalue weighted by molar-refractivity contribution is -0.122. The van der Waals surface area contributed by atoms with Crippen LogP contribution < -0.4 is 11.1 Å². The molecule has 5 heteroatoms. The van der Waals surface area contributed by atoms with Gasteiger partial charge in [0.25, 0.3) is 0 Å². The van der Waals surface area contributed by atoms with E-state index in [1.54, 1.807) is 0 Å². The van der Waals surface area contributed by atoms with Gasteiger partial charge in [0.2, 0.25) is 5.91 Å². The number of carbonyl (C=O) groups excluding carboxylic acids is 1. The summed E-state index contributed by atoms with van der Waals surface area (Å²) in [4.78, 5) is 16.9. The molecule has 0 aromatic heterocycles. The zero-order valence-electron chi connectivity index (χ0n) is 13.0. The zero-order chi connectivity index (χ0) is 14.5. The second-order valence-electron chi connectivity index (χ2n) is 6.28. The first-order chi connectivity index (χ1) is 9.65. The number of likely N-dealkylation sites (tertiary alicyclic amines) is 1. The topological polar surface area (TPSA) is 61.6 Å². The van der Waals surface area contributed by atoms with Crippen molar-refractivity contribution in [3.8, 4) is 0 Å². The molecule has 0 aromatic rings. The Balaban J connectivity index is 1.89. The van der Waals surface area contributed by atoms with Crippen molar-refractivity contribution in [2.24, 2.45) is 5.73 Å². The largest absolute Gasteiger partial charge is 0.356 e. The van der Waals surface area contributed by atoms with E-state index in [2.05, 4.69) is 29.1 Å². The smallest absolute Gasteiger partial charge is 0.221 e. The van der Waals surface area contributed by atoms with Crippen molar-refractivity contribution < 1.29 is 4.79 Å². The molecule has 2 saturated heterocycles. The minimum Gasteiger partial charge on any atom is -0.356 e. The molecule has 3 atom stereocenters. The number of nitrogens with two attached hydrogens (primary N) is 1. The van der Waals surface area contributed by atoms with Crippen LogP contribution in [0.25, 0.3) is 0 Å².